The van der Waals surface area contributed by atoms with E-state index in [9.17, 15) is 22.0 Å². The number of alkyl halides is 1. The SMILES string of the molecule is C[C@@H]1CN(c2cccc(-c3ccc4cnc(CNC(=O)c5cc(F)c6c(c5)S(=O)(=O)[C@@H](F)CCO6)cc4c3F)n2)C[C@H](C)O1.[HH]. The maximum atomic E-state index is 15.9. The number of morpholine rings is 1. The normalized spacial score (nSPS) is 21.3. The zero-order valence-electron chi connectivity index (χ0n) is 23.9. The van der Waals surface area contributed by atoms with E-state index in [1.54, 1.807) is 18.2 Å². The van der Waals surface area contributed by atoms with Crippen LogP contribution in [0.25, 0.3) is 22.0 Å². The summed E-state index contributed by atoms with van der Waals surface area (Å²) in [5, 5.41) is 3.33. The minimum Gasteiger partial charge on any atom is -0.489 e. The lowest BCUT2D eigenvalue weighted by molar-refractivity contribution is -0.00545. The number of aromatic nitrogens is 2. The van der Waals surface area contributed by atoms with Crippen LogP contribution in [0, 0.1) is 11.6 Å². The molecule has 2 aromatic carbocycles. The molecule has 2 aliphatic rings. The van der Waals surface area contributed by atoms with Crippen LogP contribution in [0.3, 0.4) is 0 Å². The molecule has 0 radical (unpaired) electrons. The van der Waals surface area contributed by atoms with E-state index in [-0.39, 0.29) is 37.7 Å². The molecule has 1 amide bonds. The van der Waals surface area contributed by atoms with Gasteiger partial charge in [0.05, 0.1) is 36.7 Å². The van der Waals surface area contributed by atoms with Gasteiger partial charge in [0, 0.05) is 49.0 Å². The molecule has 4 aromatic rings. The molecule has 1 N–H and O–H groups in total. The van der Waals surface area contributed by atoms with Gasteiger partial charge in [-0.15, -0.1) is 0 Å². The van der Waals surface area contributed by atoms with Crippen molar-refractivity contribution in [3.8, 4) is 17.0 Å². The van der Waals surface area contributed by atoms with Crippen LogP contribution < -0.4 is 15.0 Å². The Morgan fingerprint density at radius 1 is 1.11 bits per heavy atom. The molecule has 3 atom stereocenters. The third-order valence-electron chi connectivity index (χ3n) is 7.58. The van der Waals surface area contributed by atoms with Crippen LogP contribution in [0.1, 0.15) is 37.7 Å². The highest BCUT2D eigenvalue weighted by Crippen LogP contribution is 2.35. The van der Waals surface area contributed by atoms with Crippen LogP contribution in [-0.4, -0.2) is 61.7 Å². The number of hydrogen-bond acceptors (Lipinski definition) is 8. The monoisotopic (exact) mass is 628 g/mol. The van der Waals surface area contributed by atoms with Crippen molar-refractivity contribution in [2.24, 2.45) is 0 Å². The third kappa shape index (κ3) is 5.69. The van der Waals surface area contributed by atoms with Crippen molar-refractivity contribution in [2.45, 2.75) is 49.4 Å². The van der Waals surface area contributed by atoms with Crippen LogP contribution in [0.4, 0.5) is 19.0 Å². The number of carbonyl (C=O) groups excluding carboxylic acids is 1. The smallest absolute Gasteiger partial charge is 0.251 e. The second-order valence-corrected chi connectivity index (χ2v) is 13.0. The van der Waals surface area contributed by atoms with Gasteiger partial charge in [0.2, 0.25) is 15.3 Å². The van der Waals surface area contributed by atoms with Gasteiger partial charge >= 0.3 is 0 Å². The number of nitrogens with one attached hydrogen (secondary N) is 1. The number of amides is 1. The summed E-state index contributed by atoms with van der Waals surface area (Å²) >= 11 is 0. The molecule has 1 fully saturated rings. The van der Waals surface area contributed by atoms with Crippen molar-refractivity contribution in [2.75, 3.05) is 24.6 Å². The topological polar surface area (TPSA) is 111 Å². The average Bonchev–Trinajstić information content (AvgIpc) is 3.11. The van der Waals surface area contributed by atoms with Gasteiger partial charge in [-0.2, -0.15) is 0 Å². The van der Waals surface area contributed by atoms with Crippen LogP contribution in [0.5, 0.6) is 5.75 Å². The summed E-state index contributed by atoms with van der Waals surface area (Å²) in [5.41, 5.74) is -1.57. The van der Waals surface area contributed by atoms with Crippen molar-refractivity contribution in [3.63, 3.8) is 0 Å². The van der Waals surface area contributed by atoms with Crippen molar-refractivity contribution in [1.29, 1.82) is 0 Å². The predicted molar refractivity (Wildman–Crippen MR) is 159 cm³/mol. The third-order valence-corrected chi connectivity index (χ3v) is 9.41. The fourth-order valence-electron chi connectivity index (χ4n) is 5.50. The van der Waals surface area contributed by atoms with Gasteiger partial charge in [0.25, 0.3) is 5.91 Å². The van der Waals surface area contributed by atoms with Gasteiger partial charge in [-0.3, -0.25) is 9.78 Å². The number of pyridine rings is 2. The lowest BCUT2D eigenvalue weighted by Gasteiger charge is -2.36. The summed E-state index contributed by atoms with van der Waals surface area (Å²) < 4.78 is 80.8. The van der Waals surface area contributed by atoms with Crippen LogP contribution in [0.2, 0.25) is 0 Å². The second kappa shape index (κ2) is 11.7. The Bertz CT molecular complexity index is 1870. The quantitative estimate of drug-likeness (QED) is 0.321. The fourth-order valence-corrected chi connectivity index (χ4v) is 6.89. The molecule has 0 aliphatic carbocycles. The van der Waals surface area contributed by atoms with Crippen molar-refractivity contribution in [1.82, 2.24) is 15.3 Å². The molecule has 44 heavy (non-hydrogen) atoms. The number of nitrogens with zero attached hydrogens (tertiary/aromatic N) is 3. The number of hydrogen-bond donors (Lipinski definition) is 1. The molecule has 9 nitrogen and oxygen atoms in total. The summed E-state index contributed by atoms with van der Waals surface area (Å²) in [5.74, 6) is -2.33. The first-order chi connectivity index (χ1) is 21.0. The zero-order chi connectivity index (χ0) is 31.2. The van der Waals surface area contributed by atoms with Gasteiger partial charge in [0.15, 0.2) is 11.6 Å². The molecular formula is C31H31F3N4O5S. The molecule has 4 heterocycles. The lowest BCUT2D eigenvalue weighted by Crippen LogP contribution is -2.45. The Labute approximate surface area is 253 Å². The van der Waals surface area contributed by atoms with E-state index in [0.717, 1.165) is 18.0 Å². The molecule has 0 unspecified atom stereocenters. The highest BCUT2D eigenvalue weighted by atomic mass is 32.2. The molecule has 0 bridgehead atoms. The summed E-state index contributed by atoms with van der Waals surface area (Å²) in [6, 6.07) is 12.0. The Kier molecular flexibility index (Phi) is 7.93. The number of sulfone groups is 1. The van der Waals surface area contributed by atoms with Gasteiger partial charge in [0.1, 0.15) is 16.5 Å². The summed E-state index contributed by atoms with van der Waals surface area (Å²) in [4.78, 5) is 23.3. The van der Waals surface area contributed by atoms with E-state index in [1.807, 2.05) is 26.0 Å². The molecule has 232 valence electrons. The van der Waals surface area contributed by atoms with Crippen molar-refractivity contribution in [3.05, 3.63) is 77.6 Å². The van der Waals surface area contributed by atoms with Crippen LogP contribution in [-0.2, 0) is 21.1 Å². The Morgan fingerprint density at radius 3 is 2.66 bits per heavy atom. The molecule has 1 saturated heterocycles. The summed E-state index contributed by atoms with van der Waals surface area (Å²) in [7, 11) is -4.55. The zero-order valence-corrected chi connectivity index (χ0v) is 24.7. The van der Waals surface area contributed by atoms with E-state index in [4.69, 9.17) is 14.5 Å². The van der Waals surface area contributed by atoms with E-state index in [2.05, 4.69) is 15.2 Å². The Morgan fingerprint density at radius 2 is 1.89 bits per heavy atom. The maximum absolute atomic E-state index is 15.9. The number of anilines is 1. The van der Waals surface area contributed by atoms with Crippen molar-refractivity contribution >= 4 is 32.3 Å². The molecule has 13 heteroatoms. The number of halogens is 3. The number of ether oxygens (including phenoxy) is 2. The van der Waals surface area contributed by atoms with Crippen LogP contribution in [0.15, 0.2) is 59.6 Å². The second-order valence-electron chi connectivity index (χ2n) is 10.9. The molecular weight excluding hydrogens is 597 g/mol. The minimum absolute atomic E-state index is 0. The minimum atomic E-state index is -4.55. The lowest BCUT2D eigenvalue weighted by atomic mass is 10.0. The first-order valence-electron chi connectivity index (χ1n) is 14.1. The Balaban J connectivity index is 0.00000400. The highest BCUT2D eigenvalue weighted by Gasteiger charge is 2.35. The summed E-state index contributed by atoms with van der Waals surface area (Å²) in [6.07, 6.45) is 1.08. The Hall–Kier alpha value is -4.23. The van der Waals surface area contributed by atoms with Gasteiger partial charge in [-0.25, -0.2) is 26.6 Å². The largest absolute Gasteiger partial charge is 0.489 e. The summed E-state index contributed by atoms with van der Waals surface area (Å²) in [6.45, 7) is 4.83. The molecule has 0 spiro atoms. The van der Waals surface area contributed by atoms with E-state index in [1.165, 1.54) is 12.3 Å². The number of carbonyl (C=O) groups is 1. The van der Waals surface area contributed by atoms with Gasteiger partial charge in [-0.1, -0.05) is 12.1 Å². The first-order valence-corrected chi connectivity index (χ1v) is 15.6. The maximum Gasteiger partial charge on any atom is 0.251 e. The number of fused-ring (bicyclic) bond motifs is 2. The van der Waals surface area contributed by atoms with E-state index < -0.39 is 49.9 Å². The fraction of sp³-hybridized carbons (Fsp3) is 0.323. The standard InChI is InChI=1S/C31H29F3N4O5S.H2/c1-17-15-38(16-18(2)43-17)28-5-3-4-25(37-28)22-7-6-19-13-35-21(12-23(19)29(22)34)14-36-31(39)20-10-24(32)30-26(11-20)44(40,41)27(33)8-9-42-30;/h3-7,10-13,17-18,27H,8-9,14-16H2,1-2H3,(H,36,39);1H/t17-,18+,27-;/m1./s1. The highest BCUT2D eigenvalue weighted by molar-refractivity contribution is 7.92. The molecule has 2 aromatic heterocycles. The van der Waals surface area contributed by atoms with Crippen molar-refractivity contribution < 1.29 is 37.3 Å². The predicted octanol–water partition coefficient (Wildman–Crippen LogP) is 5.22. The van der Waals surface area contributed by atoms with E-state index in [0.29, 0.717) is 35.4 Å². The first kappa shape index (κ1) is 29.8. The average molecular weight is 629 g/mol. The number of rotatable bonds is 5. The molecule has 2 aliphatic heterocycles. The van der Waals surface area contributed by atoms with Crippen LogP contribution >= 0.6 is 0 Å². The van der Waals surface area contributed by atoms with E-state index >= 15 is 4.39 Å². The van der Waals surface area contributed by atoms with Gasteiger partial charge in [-0.05, 0) is 50.2 Å². The van der Waals surface area contributed by atoms with Gasteiger partial charge < -0.3 is 19.7 Å². The molecule has 0 saturated carbocycles. The number of benzene rings is 2. The molecule has 6 rings (SSSR count).